The highest BCUT2D eigenvalue weighted by Crippen LogP contribution is 2.38. The Kier molecular flexibility index (Phi) is 13.1. The molecule has 0 amide bonds. The van der Waals surface area contributed by atoms with Crippen LogP contribution in [0.5, 0.6) is 5.75 Å². The fourth-order valence-electron chi connectivity index (χ4n) is 5.96. The number of unbranched alkanes of at least 4 members (excludes halogenated alkanes) is 1. The molecule has 5 atom stereocenters. The number of fused-ring (bicyclic) bond motifs is 1. The van der Waals surface area contributed by atoms with Crippen molar-refractivity contribution in [2.24, 2.45) is 11.8 Å². The lowest BCUT2D eigenvalue weighted by molar-refractivity contribution is -0.142. The Morgan fingerprint density at radius 3 is 2.48 bits per heavy atom. The summed E-state index contributed by atoms with van der Waals surface area (Å²) in [5.41, 5.74) is 1.26. The molecule has 2 heterocycles. The number of carbonyl (C=O) groups excluding carboxylic acids is 3. The van der Waals surface area contributed by atoms with E-state index in [2.05, 4.69) is 12.2 Å². The molecule has 1 aliphatic heterocycles. The van der Waals surface area contributed by atoms with Gasteiger partial charge < -0.3 is 24.1 Å². The Balaban J connectivity index is 1.15. The molecule has 0 bridgehead atoms. The van der Waals surface area contributed by atoms with Crippen molar-refractivity contribution >= 4 is 50.8 Å². The number of carbonyl (C=O) groups is 3. The van der Waals surface area contributed by atoms with Gasteiger partial charge in [0.2, 0.25) is 0 Å². The number of hydrogen-bond donors (Lipinski definition) is 1. The monoisotopic (exact) mass is 708 g/mol. The van der Waals surface area contributed by atoms with Crippen molar-refractivity contribution in [3.8, 4) is 16.2 Å². The highest BCUT2D eigenvalue weighted by atomic mass is 32.9. The molecule has 2 aliphatic rings. The van der Waals surface area contributed by atoms with Crippen LogP contribution in [0.1, 0.15) is 72.6 Å². The summed E-state index contributed by atoms with van der Waals surface area (Å²) in [6.45, 7) is 2.48. The van der Waals surface area contributed by atoms with E-state index in [9.17, 15) is 19.5 Å². The Morgan fingerprint density at radius 2 is 1.73 bits per heavy atom. The van der Waals surface area contributed by atoms with Crippen LogP contribution in [0.25, 0.3) is 10.4 Å². The van der Waals surface area contributed by atoms with Crippen LogP contribution >= 0.6 is 32.9 Å². The first kappa shape index (κ1) is 35.7. The molecule has 48 heavy (non-hydrogen) atoms. The number of benzene rings is 2. The van der Waals surface area contributed by atoms with Crippen molar-refractivity contribution in [3.05, 3.63) is 93.9 Å². The molecule has 0 radical (unpaired) electrons. The molecule has 8 nitrogen and oxygen atoms in total. The minimum absolute atomic E-state index is 0.0348. The molecule has 254 valence electrons. The highest BCUT2D eigenvalue weighted by Gasteiger charge is 2.38. The van der Waals surface area contributed by atoms with E-state index in [0.717, 1.165) is 39.3 Å². The second kappa shape index (κ2) is 17.7. The number of rotatable bonds is 10. The fraction of sp³-hybridized carbons (Fsp3) is 0.405. The molecule has 0 spiro atoms. The van der Waals surface area contributed by atoms with E-state index in [1.165, 1.54) is 24.3 Å². The highest BCUT2D eigenvalue weighted by molar-refractivity contribution is 7.80. The average molecular weight is 709 g/mol. The molecule has 1 N–H and O–H groups in total. The fourth-order valence-corrected chi connectivity index (χ4v) is 8.36. The van der Waals surface area contributed by atoms with Crippen LogP contribution in [0.4, 0.5) is 0 Å². The Bertz CT molecular complexity index is 1660. The van der Waals surface area contributed by atoms with Gasteiger partial charge in [-0.3, -0.25) is 0 Å². The van der Waals surface area contributed by atoms with Gasteiger partial charge in [-0.05, 0) is 112 Å². The van der Waals surface area contributed by atoms with Gasteiger partial charge >= 0.3 is 17.9 Å². The summed E-state index contributed by atoms with van der Waals surface area (Å²) in [5.74, 6) is -1.38. The predicted octanol–water partition coefficient (Wildman–Crippen LogP) is 8.36. The number of ether oxygens (including phenoxy) is 4. The maximum absolute atomic E-state index is 13.5. The number of aliphatic hydroxyl groups excluding tert-OH is 1. The van der Waals surface area contributed by atoms with Crippen LogP contribution in [-0.4, -0.2) is 54.5 Å². The van der Waals surface area contributed by atoms with Gasteiger partial charge in [-0.2, -0.15) is 0 Å². The first-order valence-electron chi connectivity index (χ1n) is 16.3. The average Bonchev–Trinajstić information content (AvgIpc) is 3.68. The third kappa shape index (κ3) is 10.2. The molecule has 1 fully saturated rings. The Morgan fingerprint density at radius 1 is 0.979 bits per heavy atom. The largest absolute Gasteiger partial charge is 0.494 e. The van der Waals surface area contributed by atoms with Gasteiger partial charge in [0.25, 0.3) is 0 Å². The van der Waals surface area contributed by atoms with Crippen LogP contribution in [0.15, 0.2) is 78.9 Å². The van der Waals surface area contributed by atoms with E-state index in [1.807, 2.05) is 37.3 Å². The summed E-state index contributed by atoms with van der Waals surface area (Å²) in [5, 5.41) is 10.5. The van der Waals surface area contributed by atoms with E-state index in [1.54, 1.807) is 32.8 Å². The van der Waals surface area contributed by atoms with Gasteiger partial charge in [0.05, 0.1) is 36.5 Å². The summed E-state index contributed by atoms with van der Waals surface area (Å²) in [6.07, 6.45) is 10.0. The molecule has 1 aliphatic carbocycles. The van der Waals surface area contributed by atoms with E-state index < -0.39 is 30.1 Å². The molecule has 1 aromatic heterocycles. The van der Waals surface area contributed by atoms with Crippen molar-refractivity contribution in [1.82, 2.24) is 0 Å². The van der Waals surface area contributed by atoms with E-state index >= 15 is 0 Å². The van der Waals surface area contributed by atoms with Gasteiger partial charge in [0.1, 0.15) is 15.7 Å². The number of allylic oxidation sites excluding steroid dienone is 2. The second-order valence-corrected chi connectivity index (χ2v) is 15.0. The number of esters is 3. The van der Waals surface area contributed by atoms with Crippen molar-refractivity contribution in [3.63, 3.8) is 0 Å². The van der Waals surface area contributed by atoms with Crippen LogP contribution < -0.4 is 4.74 Å². The standard InChI is InChI=1S/C37H40O8S3/c1-24-9-3-2-4-10-26-21-27(38)22-31(26)32(17-18-34(39)44-24)45-37(41)30-12-6-5-11-29(30)36(40)43-20-8-7-19-42-28-15-13-25(14-16-28)33-23-35(46)48-47-33/h4-6,10-18,23-24,26-27,31-32,38H,2-3,7-9,19-22H2,1H3/b10-4+,18-17+/t24-,26+,27-,31+,32+/m0/s1. The second-order valence-electron chi connectivity index (χ2n) is 12.0. The molecule has 0 unspecified atom stereocenters. The molecule has 2 aromatic carbocycles. The SMILES string of the molecule is C[C@H]1CCC/C=C/[C@@H]2C[C@H](O)C[C@H]2[C@H](OC(=O)c2ccccc2C(=O)OCCCCOc2ccc(-c3cc(=S)ss3)cc2)/C=C/C(=O)O1. The number of cyclic esters (lactones) is 1. The summed E-state index contributed by atoms with van der Waals surface area (Å²) in [7, 11) is 3.24. The van der Waals surface area contributed by atoms with Crippen molar-refractivity contribution < 1.29 is 38.4 Å². The van der Waals surface area contributed by atoms with Gasteiger partial charge in [0, 0.05) is 16.9 Å². The minimum atomic E-state index is -0.816. The summed E-state index contributed by atoms with van der Waals surface area (Å²) in [6, 6.07) is 16.2. The van der Waals surface area contributed by atoms with Crippen LogP contribution in [-0.2, 0) is 19.0 Å². The molecular weight excluding hydrogens is 669 g/mol. The van der Waals surface area contributed by atoms with Crippen molar-refractivity contribution in [2.45, 2.75) is 70.2 Å². The molecule has 0 saturated heterocycles. The topological polar surface area (TPSA) is 108 Å². The third-order valence-corrected chi connectivity index (χ3v) is 11.3. The lowest BCUT2D eigenvalue weighted by Gasteiger charge is -2.25. The zero-order chi connectivity index (χ0) is 33.9. The van der Waals surface area contributed by atoms with Crippen molar-refractivity contribution in [2.75, 3.05) is 13.2 Å². The first-order chi connectivity index (χ1) is 23.3. The lowest BCUT2D eigenvalue weighted by atomic mass is 9.89. The van der Waals surface area contributed by atoms with Gasteiger partial charge in [0.15, 0.2) is 0 Å². The molecular formula is C37H40O8S3. The summed E-state index contributed by atoms with van der Waals surface area (Å²) < 4.78 is 23.7. The molecule has 3 aromatic rings. The molecule has 1 saturated carbocycles. The predicted molar refractivity (Wildman–Crippen MR) is 189 cm³/mol. The van der Waals surface area contributed by atoms with Gasteiger partial charge in [-0.15, -0.1) is 0 Å². The summed E-state index contributed by atoms with van der Waals surface area (Å²) in [4.78, 5) is 40.3. The lowest BCUT2D eigenvalue weighted by Crippen LogP contribution is -2.29. The summed E-state index contributed by atoms with van der Waals surface area (Å²) >= 11 is 5.22. The zero-order valence-corrected chi connectivity index (χ0v) is 29.2. The molecule has 11 heteroatoms. The minimum Gasteiger partial charge on any atom is -0.494 e. The maximum Gasteiger partial charge on any atom is 0.339 e. The van der Waals surface area contributed by atoms with Crippen molar-refractivity contribution in [1.29, 1.82) is 0 Å². The smallest absolute Gasteiger partial charge is 0.339 e. The van der Waals surface area contributed by atoms with Crippen LogP contribution in [0.3, 0.4) is 0 Å². The first-order valence-corrected chi connectivity index (χ1v) is 18.9. The van der Waals surface area contributed by atoms with E-state index in [0.29, 0.717) is 32.3 Å². The molecule has 5 rings (SSSR count). The zero-order valence-electron chi connectivity index (χ0n) is 26.8. The van der Waals surface area contributed by atoms with Crippen LogP contribution in [0.2, 0.25) is 0 Å². The number of aliphatic hydroxyl groups is 1. The van der Waals surface area contributed by atoms with Crippen LogP contribution in [0, 0.1) is 15.7 Å². The Labute approximate surface area is 293 Å². The number of hydrogen-bond acceptors (Lipinski definition) is 11. The quantitative estimate of drug-likeness (QED) is 0.0555. The van der Waals surface area contributed by atoms with E-state index in [-0.39, 0.29) is 35.7 Å². The maximum atomic E-state index is 13.5. The van der Waals surface area contributed by atoms with E-state index in [4.69, 9.17) is 31.2 Å². The van der Waals surface area contributed by atoms with Gasteiger partial charge in [-0.1, -0.05) is 57.2 Å². The Hall–Kier alpha value is -3.64. The normalized spacial score (nSPS) is 24.1. The third-order valence-electron chi connectivity index (χ3n) is 8.42. The van der Waals surface area contributed by atoms with Gasteiger partial charge in [-0.25, -0.2) is 14.4 Å².